The van der Waals surface area contributed by atoms with Crippen LogP contribution in [0.4, 0.5) is 11.4 Å². The third-order valence-corrected chi connectivity index (χ3v) is 2.38. The number of nitrogens with two attached hydrogens (primary N) is 1. The Balaban J connectivity index is 2.11. The number of rotatable bonds is 3. The molecule has 3 N–H and O–H groups in total. The normalized spacial score (nSPS) is 10.2. The van der Waals surface area contributed by atoms with Crippen LogP contribution in [0.2, 0.25) is 5.02 Å². The van der Waals surface area contributed by atoms with E-state index >= 15 is 0 Å². The van der Waals surface area contributed by atoms with Crippen LogP contribution in [0.25, 0.3) is 0 Å². The van der Waals surface area contributed by atoms with Gasteiger partial charge < -0.3 is 15.5 Å². The fourth-order valence-electron chi connectivity index (χ4n) is 1.32. The SMILES string of the molecule is Nc1cccc(Cl)c1NCc1ccco1. The highest BCUT2D eigenvalue weighted by atomic mass is 35.5. The summed E-state index contributed by atoms with van der Waals surface area (Å²) in [6.07, 6.45) is 1.63. The van der Waals surface area contributed by atoms with Crippen molar-refractivity contribution in [3.8, 4) is 0 Å². The van der Waals surface area contributed by atoms with Gasteiger partial charge in [0.25, 0.3) is 0 Å². The fourth-order valence-corrected chi connectivity index (χ4v) is 1.56. The molecule has 0 aliphatic heterocycles. The molecular weight excluding hydrogens is 212 g/mol. The molecule has 1 heterocycles. The maximum atomic E-state index is 6.00. The van der Waals surface area contributed by atoms with Gasteiger partial charge >= 0.3 is 0 Å². The summed E-state index contributed by atoms with van der Waals surface area (Å²) < 4.78 is 5.19. The zero-order valence-corrected chi connectivity index (χ0v) is 8.79. The molecule has 3 nitrogen and oxygen atoms in total. The molecule has 0 fully saturated rings. The van der Waals surface area contributed by atoms with E-state index in [0.717, 1.165) is 11.4 Å². The molecule has 4 heteroatoms. The molecule has 2 rings (SSSR count). The highest BCUT2D eigenvalue weighted by molar-refractivity contribution is 6.33. The van der Waals surface area contributed by atoms with Gasteiger partial charge in [0, 0.05) is 0 Å². The van der Waals surface area contributed by atoms with Crippen molar-refractivity contribution in [3.63, 3.8) is 0 Å². The Kier molecular flexibility index (Phi) is 2.83. The van der Waals surface area contributed by atoms with E-state index in [1.54, 1.807) is 18.4 Å². The molecule has 0 saturated carbocycles. The van der Waals surface area contributed by atoms with Crippen molar-refractivity contribution >= 4 is 23.0 Å². The molecule has 2 aromatic rings. The van der Waals surface area contributed by atoms with Gasteiger partial charge in [-0.3, -0.25) is 0 Å². The van der Waals surface area contributed by atoms with Crippen molar-refractivity contribution in [2.45, 2.75) is 6.54 Å². The second kappa shape index (κ2) is 4.28. The Bertz CT molecular complexity index is 420. The third-order valence-electron chi connectivity index (χ3n) is 2.07. The molecule has 0 atom stereocenters. The lowest BCUT2D eigenvalue weighted by Gasteiger charge is -2.09. The summed E-state index contributed by atoms with van der Waals surface area (Å²) in [6, 6.07) is 9.14. The predicted octanol–water partition coefficient (Wildman–Crippen LogP) is 3.13. The predicted molar refractivity (Wildman–Crippen MR) is 61.9 cm³/mol. The summed E-state index contributed by atoms with van der Waals surface area (Å²) in [6.45, 7) is 0.570. The Labute approximate surface area is 92.8 Å². The van der Waals surface area contributed by atoms with Crippen molar-refractivity contribution in [1.29, 1.82) is 0 Å². The van der Waals surface area contributed by atoms with Crippen LogP contribution in [0.3, 0.4) is 0 Å². The molecule has 0 unspecified atom stereocenters. The van der Waals surface area contributed by atoms with Crippen LogP contribution in [0.1, 0.15) is 5.76 Å². The van der Waals surface area contributed by atoms with Crippen molar-refractivity contribution in [3.05, 3.63) is 47.4 Å². The zero-order chi connectivity index (χ0) is 10.7. The Hall–Kier alpha value is -1.61. The van der Waals surface area contributed by atoms with Gasteiger partial charge in [0.05, 0.1) is 29.2 Å². The first kappa shape index (κ1) is 9.93. The van der Waals surface area contributed by atoms with Gasteiger partial charge in [-0.25, -0.2) is 0 Å². The highest BCUT2D eigenvalue weighted by Crippen LogP contribution is 2.28. The molecule has 0 amide bonds. The van der Waals surface area contributed by atoms with E-state index in [-0.39, 0.29) is 0 Å². The summed E-state index contributed by atoms with van der Waals surface area (Å²) >= 11 is 6.00. The summed E-state index contributed by atoms with van der Waals surface area (Å²) in [5.74, 6) is 0.842. The van der Waals surface area contributed by atoms with E-state index < -0.39 is 0 Å². The summed E-state index contributed by atoms with van der Waals surface area (Å²) in [7, 11) is 0. The van der Waals surface area contributed by atoms with Gasteiger partial charge in [0.1, 0.15) is 5.76 Å². The molecular formula is C11H11ClN2O. The summed E-state index contributed by atoms with van der Waals surface area (Å²) in [4.78, 5) is 0. The van der Waals surface area contributed by atoms with Crippen molar-refractivity contribution in [1.82, 2.24) is 0 Å². The second-order valence-electron chi connectivity index (χ2n) is 3.14. The van der Waals surface area contributed by atoms with Crippen molar-refractivity contribution < 1.29 is 4.42 Å². The summed E-state index contributed by atoms with van der Waals surface area (Å²) in [5.41, 5.74) is 7.16. The molecule has 0 aliphatic rings. The minimum Gasteiger partial charge on any atom is -0.467 e. The van der Waals surface area contributed by atoms with Crippen LogP contribution in [0.5, 0.6) is 0 Å². The molecule has 1 aromatic carbocycles. The molecule has 78 valence electrons. The lowest BCUT2D eigenvalue weighted by molar-refractivity contribution is 0.518. The first-order valence-electron chi connectivity index (χ1n) is 4.57. The average molecular weight is 223 g/mol. The van der Waals surface area contributed by atoms with Crippen LogP contribution in [-0.4, -0.2) is 0 Å². The van der Waals surface area contributed by atoms with E-state index in [0.29, 0.717) is 17.3 Å². The number of hydrogen-bond donors (Lipinski definition) is 2. The molecule has 0 bridgehead atoms. The molecule has 15 heavy (non-hydrogen) atoms. The molecule has 1 aromatic heterocycles. The minimum atomic E-state index is 0.570. The van der Waals surface area contributed by atoms with Gasteiger partial charge in [-0.1, -0.05) is 17.7 Å². The van der Waals surface area contributed by atoms with Gasteiger partial charge in [-0.15, -0.1) is 0 Å². The second-order valence-corrected chi connectivity index (χ2v) is 3.54. The molecule has 0 spiro atoms. The van der Waals surface area contributed by atoms with Gasteiger partial charge in [-0.2, -0.15) is 0 Å². The smallest absolute Gasteiger partial charge is 0.122 e. The van der Waals surface area contributed by atoms with E-state index in [2.05, 4.69) is 5.32 Å². The van der Waals surface area contributed by atoms with E-state index in [4.69, 9.17) is 21.8 Å². The fraction of sp³-hybridized carbons (Fsp3) is 0.0909. The maximum Gasteiger partial charge on any atom is 0.122 e. The number of nitrogens with one attached hydrogen (secondary N) is 1. The largest absolute Gasteiger partial charge is 0.467 e. The van der Waals surface area contributed by atoms with E-state index in [9.17, 15) is 0 Å². The maximum absolute atomic E-state index is 6.00. The number of halogens is 1. The first-order chi connectivity index (χ1) is 7.27. The molecule has 0 aliphatic carbocycles. The number of nitrogen functional groups attached to an aromatic ring is 1. The number of furan rings is 1. The topological polar surface area (TPSA) is 51.2 Å². The Morgan fingerprint density at radius 1 is 1.27 bits per heavy atom. The quantitative estimate of drug-likeness (QED) is 0.785. The standard InChI is InChI=1S/C11H11ClN2O/c12-9-4-1-5-10(13)11(9)14-7-8-3-2-6-15-8/h1-6,14H,7,13H2. The average Bonchev–Trinajstić information content (AvgIpc) is 2.70. The van der Waals surface area contributed by atoms with E-state index in [1.165, 1.54) is 0 Å². The van der Waals surface area contributed by atoms with Crippen LogP contribution < -0.4 is 11.1 Å². The van der Waals surface area contributed by atoms with E-state index in [1.807, 2.05) is 18.2 Å². The Morgan fingerprint density at radius 2 is 2.13 bits per heavy atom. The zero-order valence-electron chi connectivity index (χ0n) is 8.03. The molecule has 0 saturated heterocycles. The Morgan fingerprint density at radius 3 is 2.80 bits per heavy atom. The van der Waals surface area contributed by atoms with Gasteiger partial charge in [-0.05, 0) is 24.3 Å². The van der Waals surface area contributed by atoms with Crippen LogP contribution in [0.15, 0.2) is 41.0 Å². The molecule has 0 radical (unpaired) electrons. The lowest BCUT2D eigenvalue weighted by Crippen LogP contribution is -2.02. The van der Waals surface area contributed by atoms with Crippen LogP contribution in [-0.2, 0) is 6.54 Å². The van der Waals surface area contributed by atoms with Crippen molar-refractivity contribution in [2.75, 3.05) is 11.1 Å². The van der Waals surface area contributed by atoms with Crippen molar-refractivity contribution in [2.24, 2.45) is 0 Å². The number of benzene rings is 1. The minimum absolute atomic E-state index is 0.570. The first-order valence-corrected chi connectivity index (χ1v) is 4.95. The monoisotopic (exact) mass is 222 g/mol. The van der Waals surface area contributed by atoms with Gasteiger partial charge in [0.2, 0.25) is 0 Å². The van der Waals surface area contributed by atoms with Crippen LogP contribution >= 0.6 is 11.6 Å². The van der Waals surface area contributed by atoms with Gasteiger partial charge in [0.15, 0.2) is 0 Å². The number of para-hydroxylation sites is 1. The lowest BCUT2D eigenvalue weighted by atomic mass is 10.2. The number of hydrogen-bond acceptors (Lipinski definition) is 3. The third kappa shape index (κ3) is 2.25. The highest BCUT2D eigenvalue weighted by Gasteiger charge is 2.04. The van der Waals surface area contributed by atoms with Crippen LogP contribution in [0, 0.1) is 0 Å². The number of anilines is 2. The summed E-state index contributed by atoms with van der Waals surface area (Å²) in [5, 5.41) is 3.75.